The number of methoxy groups -OCH3 is 1. The van der Waals surface area contributed by atoms with E-state index in [4.69, 9.17) is 9.84 Å². The molecule has 0 aromatic carbocycles. The van der Waals surface area contributed by atoms with E-state index in [0.29, 0.717) is 19.0 Å². The van der Waals surface area contributed by atoms with E-state index in [2.05, 4.69) is 15.1 Å². The molecule has 1 saturated heterocycles. The summed E-state index contributed by atoms with van der Waals surface area (Å²) >= 11 is 0. The molecule has 23 heavy (non-hydrogen) atoms. The monoisotopic (exact) mass is 316 g/mol. The van der Waals surface area contributed by atoms with Gasteiger partial charge in [-0.2, -0.15) is 4.52 Å². The second kappa shape index (κ2) is 5.68. The number of rotatable bonds is 2. The zero-order valence-corrected chi connectivity index (χ0v) is 13.2. The van der Waals surface area contributed by atoms with Gasteiger partial charge < -0.3 is 14.5 Å². The standard InChI is InChI=1S/C15H20N6O2/c1-23-15(22)20-8-2-7-19(9-10-20)13-6-5-12-16-17-14(11-3-4-11)21(12)18-13/h5-6,11H,2-4,7-10H2,1H3. The van der Waals surface area contributed by atoms with E-state index >= 15 is 0 Å². The van der Waals surface area contributed by atoms with Crippen LogP contribution in [-0.4, -0.2) is 64.1 Å². The Morgan fingerprint density at radius 1 is 1.17 bits per heavy atom. The fourth-order valence-electron chi connectivity index (χ4n) is 3.02. The highest BCUT2D eigenvalue weighted by molar-refractivity contribution is 5.67. The SMILES string of the molecule is COC(=O)N1CCCN(c2ccc3nnc(C4CC4)n3n2)CC1. The molecule has 0 bridgehead atoms. The van der Waals surface area contributed by atoms with Crippen LogP contribution in [0.2, 0.25) is 0 Å². The highest BCUT2D eigenvalue weighted by Crippen LogP contribution is 2.38. The van der Waals surface area contributed by atoms with Crippen molar-refractivity contribution in [1.29, 1.82) is 0 Å². The first-order valence-electron chi connectivity index (χ1n) is 8.06. The van der Waals surface area contributed by atoms with Crippen molar-refractivity contribution in [3.05, 3.63) is 18.0 Å². The molecule has 0 spiro atoms. The van der Waals surface area contributed by atoms with Gasteiger partial charge in [0.1, 0.15) is 5.82 Å². The van der Waals surface area contributed by atoms with Crippen molar-refractivity contribution in [2.45, 2.75) is 25.2 Å². The summed E-state index contributed by atoms with van der Waals surface area (Å²) in [5, 5.41) is 13.2. The third kappa shape index (κ3) is 2.69. The first kappa shape index (κ1) is 14.2. The van der Waals surface area contributed by atoms with Gasteiger partial charge in [-0.05, 0) is 31.4 Å². The Bertz CT molecular complexity index is 726. The van der Waals surface area contributed by atoms with Crippen LogP contribution in [0.15, 0.2) is 12.1 Å². The highest BCUT2D eigenvalue weighted by atomic mass is 16.5. The smallest absolute Gasteiger partial charge is 0.409 e. The molecule has 122 valence electrons. The molecule has 0 radical (unpaired) electrons. The molecule has 8 nitrogen and oxygen atoms in total. The minimum Gasteiger partial charge on any atom is -0.453 e. The van der Waals surface area contributed by atoms with Crippen molar-refractivity contribution in [1.82, 2.24) is 24.7 Å². The van der Waals surface area contributed by atoms with Gasteiger partial charge in [-0.25, -0.2) is 4.79 Å². The highest BCUT2D eigenvalue weighted by Gasteiger charge is 2.29. The number of hydrogen-bond donors (Lipinski definition) is 0. The first-order chi connectivity index (χ1) is 11.3. The fourth-order valence-corrected chi connectivity index (χ4v) is 3.02. The molecule has 2 aliphatic rings. The minimum absolute atomic E-state index is 0.259. The molecule has 2 aromatic rings. The molecule has 1 saturated carbocycles. The number of hydrogen-bond acceptors (Lipinski definition) is 6. The number of carbonyl (C=O) groups excluding carboxylic acids is 1. The average molecular weight is 316 g/mol. The zero-order chi connectivity index (χ0) is 15.8. The van der Waals surface area contributed by atoms with Crippen LogP contribution < -0.4 is 4.90 Å². The summed E-state index contributed by atoms with van der Waals surface area (Å²) in [5.41, 5.74) is 0.793. The van der Waals surface area contributed by atoms with Crippen molar-refractivity contribution in [2.24, 2.45) is 0 Å². The van der Waals surface area contributed by atoms with Crippen LogP contribution in [0.5, 0.6) is 0 Å². The van der Waals surface area contributed by atoms with E-state index in [0.717, 1.165) is 36.8 Å². The van der Waals surface area contributed by atoms with Crippen molar-refractivity contribution in [3.63, 3.8) is 0 Å². The van der Waals surface area contributed by atoms with E-state index in [1.54, 1.807) is 4.90 Å². The van der Waals surface area contributed by atoms with Gasteiger partial charge in [0, 0.05) is 32.1 Å². The van der Waals surface area contributed by atoms with Gasteiger partial charge in [0.2, 0.25) is 0 Å². The van der Waals surface area contributed by atoms with Gasteiger partial charge in [-0.15, -0.1) is 15.3 Å². The molecule has 2 aromatic heterocycles. The summed E-state index contributed by atoms with van der Waals surface area (Å²) in [6, 6.07) is 3.94. The Balaban J connectivity index is 1.56. The molecule has 2 fully saturated rings. The quantitative estimate of drug-likeness (QED) is 0.831. The fraction of sp³-hybridized carbons (Fsp3) is 0.600. The van der Waals surface area contributed by atoms with Crippen molar-refractivity contribution in [3.8, 4) is 0 Å². The summed E-state index contributed by atoms with van der Waals surface area (Å²) in [6.45, 7) is 2.97. The third-order valence-corrected chi connectivity index (χ3v) is 4.47. The van der Waals surface area contributed by atoms with Gasteiger partial charge in [-0.3, -0.25) is 0 Å². The normalized spacial score (nSPS) is 19.0. The van der Waals surface area contributed by atoms with Crippen molar-refractivity contribution >= 4 is 17.6 Å². The van der Waals surface area contributed by atoms with Gasteiger partial charge in [0.25, 0.3) is 0 Å². The molecule has 8 heteroatoms. The molecule has 4 rings (SSSR count). The molecular formula is C15H20N6O2. The predicted octanol–water partition coefficient (Wildman–Crippen LogP) is 1.28. The lowest BCUT2D eigenvalue weighted by Crippen LogP contribution is -2.35. The molecular weight excluding hydrogens is 296 g/mol. The van der Waals surface area contributed by atoms with Crippen LogP contribution in [0.3, 0.4) is 0 Å². The van der Waals surface area contributed by atoms with Crippen LogP contribution in [0.25, 0.3) is 5.65 Å². The number of fused-ring (bicyclic) bond motifs is 1. The van der Waals surface area contributed by atoms with E-state index < -0.39 is 0 Å². The Labute approximate surface area is 134 Å². The molecule has 0 N–H and O–H groups in total. The summed E-state index contributed by atoms with van der Waals surface area (Å²) < 4.78 is 6.69. The first-order valence-corrected chi connectivity index (χ1v) is 8.06. The maximum atomic E-state index is 11.7. The Hall–Kier alpha value is -2.38. The van der Waals surface area contributed by atoms with Gasteiger partial charge in [0.05, 0.1) is 7.11 Å². The van der Waals surface area contributed by atoms with Crippen molar-refractivity contribution in [2.75, 3.05) is 38.2 Å². The second-order valence-corrected chi connectivity index (χ2v) is 6.09. The summed E-state index contributed by atoms with van der Waals surface area (Å²) in [5.74, 6) is 2.38. The van der Waals surface area contributed by atoms with Crippen LogP contribution >= 0.6 is 0 Å². The molecule has 3 heterocycles. The number of ether oxygens (including phenoxy) is 1. The second-order valence-electron chi connectivity index (χ2n) is 6.09. The zero-order valence-electron chi connectivity index (χ0n) is 13.2. The number of anilines is 1. The van der Waals surface area contributed by atoms with E-state index in [1.807, 2.05) is 16.6 Å². The topological polar surface area (TPSA) is 75.9 Å². The number of amides is 1. The molecule has 0 unspecified atom stereocenters. The molecule has 0 atom stereocenters. The predicted molar refractivity (Wildman–Crippen MR) is 83.6 cm³/mol. The Morgan fingerprint density at radius 2 is 2.04 bits per heavy atom. The van der Waals surface area contributed by atoms with Crippen LogP contribution in [-0.2, 0) is 4.74 Å². The molecule has 1 amide bonds. The average Bonchev–Trinajstić information content (AvgIpc) is 3.37. The largest absolute Gasteiger partial charge is 0.453 e. The van der Waals surface area contributed by atoms with Gasteiger partial charge in [0.15, 0.2) is 11.5 Å². The van der Waals surface area contributed by atoms with E-state index in [9.17, 15) is 4.79 Å². The van der Waals surface area contributed by atoms with E-state index in [1.165, 1.54) is 20.0 Å². The lowest BCUT2D eigenvalue weighted by atomic mass is 10.3. The van der Waals surface area contributed by atoms with E-state index in [-0.39, 0.29) is 6.09 Å². The number of nitrogens with zero attached hydrogens (tertiary/aromatic N) is 6. The molecule has 1 aliphatic heterocycles. The number of aromatic nitrogens is 4. The van der Waals surface area contributed by atoms with Crippen molar-refractivity contribution < 1.29 is 9.53 Å². The van der Waals surface area contributed by atoms with Crippen LogP contribution in [0.1, 0.15) is 31.0 Å². The lowest BCUT2D eigenvalue weighted by Gasteiger charge is -2.22. The lowest BCUT2D eigenvalue weighted by molar-refractivity contribution is 0.126. The Kier molecular flexibility index (Phi) is 3.51. The summed E-state index contributed by atoms with van der Waals surface area (Å²) in [7, 11) is 1.42. The Morgan fingerprint density at radius 3 is 2.83 bits per heavy atom. The maximum Gasteiger partial charge on any atom is 0.409 e. The van der Waals surface area contributed by atoms with Gasteiger partial charge >= 0.3 is 6.09 Å². The number of carbonyl (C=O) groups is 1. The minimum atomic E-state index is -0.259. The summed E-state index contributed by atoms with van der Waals surface area (Å²) in [6.07, 6.45) is 2.98. The maximum absolute atomic E-state index is 11.7. The van der Waals surface area contributed by atoms with Crippen LogP contribution in [0.4, 0.5) is 10.6 Å². The van der Waals surface area contributed by atoms with Gasteiger partial charge in [-0.1, -0.05) is 0 Å². The van der Waals surface area contributed by atoms with Crippen LogP contribution in [0, 0.1) is 0 Å². The summed E-state index contributed by atoms with van der Waals surface area (Å²) in [4.78, 5) is 15.6. The molecule has 1 aliphatic carbocycles. The third-order valence-electron chi connectivity index (χ3n) is 4.47.